The van der Waals surface area contributed by atoms with Crippen LogP contribution in [0.25, 0.3) is 0 Å². The van der Waals surface area contributed by atoms with Crippen LogP contribution in [0.1, 0.15) is 22.4 Å². The lowest BCUT2D eigenvalue weighted by molar-refractivity contribution is 0.363. The summed E-state index contributed by atoms with van der Waals surface area (Å²) in [5, 5.41) is 11.1. The van der Waals surface area contributed by atoms with E-state index in [0.29, 0.717) is 0 Å². The van der Waals surface area contributed by atoms with E-state index in [1.807, 2.05) is 20.2 Å². The number of aryl methyl sites for hydroxylation is 1. The minimum absolute atomic E-state index is 0.200. The Balaban J connectivity index is 2.18. The first-order chi connectivity index (χ1) is 10.0. The third kappa shape index (κ3) is 4.35. The highest BCUT2D eigenvalue weighted by molar-refractivity contribution is 9.10. The molecule has 0 spiro atoms. The van der Waals surface area contributed by atoms with Crippen LogP contribution >= 0.6 is 27.3 Å². The number of hydrogen-bond donors (Lipinski definition) is 1. The Hall–Kier alpha value is -0.760. The van der Waals surface area contributed by atoms with E-state index >= 15 is 0 Å². The highest BCUT2D eigenvalue weighted by Crippen LogP contribution is 2.26. The van der Waals surface area contributed by atoms with E-state index in [9.17, 15) is 0 Å². The molecule has 0 aliphatic carbocycles. The van der Waals surface area contributed by atoms with Crippen molar-refractivity contribution in [2.24, 2.45) is 0 Å². The van der Waals surface area contributed by atoms with Gasteiger partial charge in [-0.05, 0) is 44.0 Å². The normalized spacial score (nSPS) is 13.0. The van der Waals surface area contributed by atoms with Crippen molar-refractivity contribution in [3.05, 3.63) is 32.4 Å². The highest BCUT2D eigenvalue weighted by Gasteiger charge is 2.20. The summed E-state index contributed by atoms with van der Waals surface area (Å²) in [6, 6.07) is 0.200. The van der Waals surface area contributed by atoms with Gasteiger partial charge >= 0.3 is 0 Å². The first-order valence-electron chi connectivity index (χ1n) is 6.95. The van der Waals surface area contributed by atoms with Gasteiger partial charge in [0.2, 0.25) is 0 Å². The van der Waals surface area contributed by atoms with Gasteiger partial charge in [0, 0.05) is 18.3 Å². The van der Waals surface area contributed by atoms with Gasteiger partial charge in [0.05, 0.1) is 39.7 Å². The van der Waals surface area contributed by atoms with Crippen LogP contribution < -0.4 is 5.32 Å². The molecule has 0 aromatic carbocycles. The predicted molar refractivity (Wildman–Crippen MR) is 90.8 cm³/mol. The molecule has 0 bridgehead atoms. The van der Waals surface area contributed by atoms with Gasteiger partial charge in [0.1, 0.15) is 0 Å². The first kappa shape index (κ1) is 16.6. The monoisotopic (exact) mass is 371 g/mol. The molecule has 21 heavy (non-hydrogen) atoms. The number of likely N-dealkylation sites (N-methyl/N-ethyl adjacent to an activating group) is 2. The van der Waals surface area contributed by atoms with Gasteiger partial charge in [-0.2, -0.15) is 5.10 Å². The van der Waals surface area contributed by atoms with Crippen molar-refractivity contribution in [1.82, 2.24) is 25.0 Å². The smallest absolute Gasteiger partial charge is 0.0897 e. The lowest BCUT2D eigenvalue weighted by atomic mass is 10.1. The van der Waals surface area contributed by atoms with Crippen LogP contribution in [0.2, 0.25) is 0 Å². The molecule has 1 unspecified atom stereocenters. The fourth-order valence-electron chi connectivity index (χ4n) is 2.24. The zero-order valence-electron chi connectivity index (χ0n) is 12.9. The zero-order valence-corrected chi connectivity index (χ0v) is 15.3. The minimum atomic E-state index is 0.200. The molecule has 0 aliphatic heterocycles. The Morgan fingerprint density at radius 2 is 2.24 bits per heavy atom. The van der Waals surface area contributed by atoms with Crippen LogP contribution in [0.3, 0.4) is 0 Å². The molecule has 0 fully saturated rings. The molecule has 2 rings (SSSR count). The van der Waals surface area contributed by atoms with Crippen LogP contribution in [0.5, 0.6) is 0 Å². The summed E-state index contributed by atoms with van der Waals surface area (Å²) in [6.45, 7) is 3.88. The third-order valence-corrected chi connectivity index (χ3v) is 4.78. The molecule has 116 valence electrons. The van der Waals surface area contributed by atoms with Gasteiger partial charge in [-0.15, -0.1) is 11.3 Å². The van der Waals surface area contributed by atoms with Gasteiger partial charge < -0.3 is 10.2 Å². The molecule has 0 radical (unpaired) electrons. The van der Waals surface area contributed by atoms with E-state index in [1.54, 1.807) is 11.3 Å². The van der Waals surface area contributed by atoms with Crippen LogP contribution in [-0.4, -0.2) is 47.4 Å². The maximum atomic E-state index is 4.57. The topological polar surface area (TPSA) is 46.0 Å². The summed E-state index contributed by atoms with van der Waals surface area (Å²) < 4.78 is 3.12. The number of thiazole rings is 1. The minimum Gasteiger partial charge on any atom is -0.311 e. The summed E-state index contributed by atoms with van der Waals surface area (Å²) in [4.78, 5) is 6.73. The molecule has 5 nitrogen and oxygen atoms in total. The fraction of sp³-hybridized carbons (Fsp3) is 0.571. The third-order valence-electron chi connectivity index (χ3n) is 3.35. The van der Waals surface area contributed by atoms with E-state index in [-0.39, 0.29) is 6.04 Å². The first-order valence-corrected chi connectivity index (χ1v) is 8.62. The molecule has 0 amide bonds. The Morgan fingerprint density at radius 3 is 2.81 bits per heavy atom. The average molecular weight is 372 g/mol. The maximum Gasteiger partial charge on any atom is 0.0897 e. The number of rotatable bonds is 7. The molecule has 2 heterocycles. The Labute approximate surface area is 138 Å². The molecule has 0 aliphatic rings. The van der Waals surface area contributed by atoms with Crippen molar-refractivity contribution < 1.29 is 0 Å². The summed E-state index contributed by atoms with van der Waals surface area (Å²) in [5.74, 6) is 0. The van der Waals surface area contributed by atoms with E-state index in [2.05, 4.69) is 60.4 Å². The molecular formula is C14H22BrN5S. The van der Waals surface area contributed by atoms with Crippen molar-refractivity contribution in [1.29, 1.82) is 0 Å². The van der Waals surface area contributed by atoms with E-state index in [4.69, 9.17) is 0 Å². The average Bonchev–Trinajstić information content (AvgIpc) is 3.00. The second-order valence-electron chi connectivity index (χ2n) is 5.31. The Bertz CT molecular complexity index is 578. The number of nitrogens with one attached hydrogen (secondary N) is 1. The Kier molecular flexibility index (Phi) is 5.92. The molecule has 0 saturated carbocycles. The second-order valence-corrected chi connectivity index (χ2v) is 7.22. The largest absolute Gasteiger partial charge is 0.311 e. The Morgan fingerprint density at radius 1 is 1.48 bits per heavy atom. The molecule has 0 saturated heterocycles. The van der Waals surface area contributed by atoms with Gasteiger partial charge in [-0.25, -0.2) is 4.98 Å². The van der Waals surface area contributed by atoms with E-state index in [0.717, 1.165) is 34.7 Å². The number of halogens is 1. The van der Waals surface area contributed by atoms with E-state index in [1.165, 1.54) is 5.69 Å². The quantitative estimate of drug-likeness (QED) is 0.811. The van der Waals surface area contributed by atoms with Crippen LogP contribution in [0.15, 0.2) is 16.0 Å². The molecule has 1 N–H and O–H groups in total. The number of aromatic nitrogens is 3. The fourth-order valence-corrected chi connectivity index (χ4v) is 3.44. The summed E-state index contributed by atoms with van der Waals surface area (Å²) in [6.07, 6.45) is 2.74. The summed E-state index contributed by atoms with van der Waals surface area (Å²) in [5.41, 5.74) is 2.31. The standard InChI is InChI=1S/C14H22BrN5S/c1-10-18-11(9-21-10)7-13(16-2)14-12(15)8-17-20(14)6-5-19(3)4/h8-9,13,16H,5-7H2,1-4H3. The number of nitrogens with zero attached hydrogens (tertiary/aromatic N) is 4. The second kappa shape index (κ2) is 7.49. The van der Waals surface area contributed by atoms with Crippen LogP contribution in [-0.2, 0) is 13.0 Å². The van der Waals surface area contributed by atoms with Crippen molar-refractivity contribution in [2.45, 2.75) is 25.9 Å². The summed E-state index contributed by atoms with van der Waals surface area (Å²) >= 11 is 5.33. The van der Waals surface area contributed by atoms with E-state index < -0.39 is 0 Å². The maximum absolute atomic E-state index is 4.57. The summed E-state index contributed by atoms with van der Waals surface area (Å²) in [7, 11) is 6.14. The van der Waals surface area contributed by atoms with Crippen molar-refractivity contribution >= 4 is 27.3 Å². The van der Waals surface area contributed by atoms with Crippen molar-refractivity contribution in [2.75, 3.05) is 27.7 Å². The molecule has 7 heteroatoms. The molecule has 2 aromatic rings. The predicted octanol–water partition coefficient (Wildman–Crippen LogP) is 2.48. The number of hydrogen-bond acceptors (Lipinski definition) is 5. The highest BCUT2D eigenvalue weighted by atomic mass is 79.9. The van der Waals surface area contributed by atoms with Gasteiger partial charge in [0.25, 0.3) is 0 Å². The van der Waals surface area contributed by atoms with Gasteiger partial charge in [0.15, 0.2) is 0 Å². The molecular weight excluding hydrogens is 350 g/mol. The lowest BCUT2D eigenvalue weighted by Gasteiger charge is -2.19. The lowest BCUT2D eigenvalue weighted by Crippen LogP contribution is -2.26. The zero-order chi connectivity index (χ0) is 15.4. The van der Waals surface area contributed by atoms with Crippen molar-refractivity contribution in [3.63, 3.8) is 0 Å². The van der Waals surface area contributed by atoms with Crippen LogP contribution in [0, 0.1) is 6.92 Å². The van der Waals surface area contributed by atoms with Gasteiger partial charge in [-0.3, -0.25) is 4.68 Å². The van der Waals surface area contributed by atoms with Crippen LogP contribution in [0.4, 0.5) is 0 Å². The molecule has 2 aromatic heterocycles. The van der Waals surface area contributed by atoms with Crippen molar-refractivity contribution in [3.8, 4) is 0 Å². The molecule has 1 atom stereocenters. The SMILES string of the molecule is CNC(Cc1csc(C)n1)c1c(Br)cnn1CCN(C)C. The van der Waals surface area contributed by atoms with Gasteiger partial charge in [-0.1, -0.05) is 0 Å².